The molecule has 1 aromatic heterocycles. The van der Waals surface area contributed by atoms with Crippen LogP contribution in [-0.4, -0.2) is 40.6 Å². The summed E-state index contributed by atoms with van der Waals surface area (Å²) in [6, 6.07) is 0.0427. The topological polar surface area (TPSA) is 66.1 Å². The number of H-pyrrole nitrogens is 1. The molecule has 1 fully saturated rings. The van der Waals surface area contributed by atoms with Crippen LogP contribution in [-0.2, 0) is 10.0 Å². The van der Waals surface area contributed by atoms with Gasteiger partial charge in [-0.05, 0) is 19.8 Å². The lowest BCUT2D eigenvalue weighted by atomic mass is 10.1. The highest BCUT2D eigenvalue weighted by Gasteiger charge is 2.32. The lowest BCUT2D eigenvalue weighted by molar-refractivity contribution is 0.346. The number of rotatable bonds is 3. The Balaban J connectivity index is 2.32. The maximum absolute atomic E-state index is 12.6. The molecule has 0 amide bonds. The first-order valence-corrected chi connectivity index (χ1v) is 8.71. The molecule has 18 heavy (non-hydrogen) atoms. The van der Waals surface area contributed by atoms with Crippen molar-refractivity contribution in [3.05, 3.63) is 12.0 Å². The summed E-state index contributed by atoms with van der Waals surface area (Å²) in [5.41, 5.74) is 0. The summed E-state index contributed by atoms with van der Waals surface area (Å²) in [6.07, 6.45) is 5.43. The Morgan fingerprint density at radius 1 is 1.50 bits per heavy atom. The average molecular weight is 336 g/mol. The Hall–Kier alpha value is -0.400. The first-order valence-electron chi connectivity index (χ1n) is 6.15. The quantitative estimate of drug-likeness (QED) is 0.859. The minimum Gasteiger partial charge on any atom is -0.332 e. The van der Waals surface area contributed by atoms with Gasteiger partial charge in [0.05, 0.1) is 6.20 Å². The zero-order valence-corrected chi connectivity index (χ0v) is 12.8. The van der Waals surface area contributed by atoms with E-state index in [0.29, 0.717) is 17.7 Å². The molecule has 1 atom stereocenters. The number of nitrogens with zero attached hydrogens (tertiary/aromatic N) is 2. The van der Waals surface area contributed by atoms with Gasteiger partial charge in [0.15, 0.2) is 5.03 Å². The fraction of sp³-hybridized carbons (Fsp3) is 0.727. The van der Waals surface area contributed by atoms with Crippen molar-refractivity contribution in [1.29, 1.82) is 0 Å². The van der Waals surface area contributed by atoms with E-state index in [2.05, 4.69) is 25.9 Å². The Morgan fingerprint density at radius 2 is 2.28 bits per heavy atom. The number of aryl methyl sites for hydroxylation is 1. The number of imidazole rings is 1. The van der Waals surface area contributed by atoms with Gasteiger partial charge in [-0.25, -0.2) is 13.4 Å². The van der Waals surface area contributed by atoms with E-state index in [0.717, 1.165) is 25.7 Å². The average Bonchev–Trinajstić information content (AvgIpc) is 2.65. The molecule has 2 heterocycles. The summed E-state index contributed by atoms with van der Waals surface area (Å²) in [6.45, 7) is 2.35. The molecular formula is C11H18BrN3O2S. The lowest BCUT2D eigenvalue weighted by Crippen LogP contribution is -2.41. The van der Waals surface area contributed by atoms with E-state index < -0.39 is 10.0 Å². The van der Waals surface area contributed by atoms with Gasteiger partial charge in [-0.3, -0.25) is 0 Å². The third-order valence-electron chi connectivity index (χ3n) is 3.27. The Bertz CT molecular complexity index is 500. The van der Waals surface area contributed by atoms with Gasteiger partial charge in [0, 0.05) is 17.9 Å². The number of hydrogen-bond donors (Lipinski definition) is 1. The second kappa shape index (κ2) is 5.71. The molecule has 1 saturated heterocycles. The molecule has 1 unspecified atom stereocenters. The predicted molar refractivity (Wildman–Crippen MR) is 73.3 cm³/mol. The van der Waals surface area contributed by atoms with E-state index in [1.54, 1.807) is 11.2 Å². The number of aromatic nitrogens is 2. The van der Waals surface area contributed by atoms with Crippen molar-refractivity contribution in [3.8, 4) is 0 Å². The molecule has 0 bridgehead atoms. The van der Waals surface area contributed by atoms with Gasteiger partial charge in [-0.1, -0.05) is 28.8 Å². The molecule has 0 saturated carbocycles. The van der Waals surface area contributed by atoms with Gasteiger partial charge >= 0.3 is 0 Å². The third kappa shape index (κ3) is 2.78. The van der Waals surface area contributed by atoms with Crippen LogP contribution in [0.5, 0.6) is 0 Å². The number of sulfonamides is 1. The molecule has 0 aromatic carbocycles. The van der Waals surface area contributed by atoms with Crippen LogP contribution in [0.2, 0.25) is 0 Å². The molecule has 0 radical (unpaired) electrons. The summed E-state index contributed by atoms with van der Waals surface area (Å²) in [7, 11) is -3.44. The van der Waals surface area contributed by atoms with Crippen molar-refractivity contribution in [2.75, 3.05) is 11.9 Å². The molecule has 5 nitrogen and oxygen atoms in total. The van der Waals surface area contributed by atoms with Crippen LogP contribution in [0.25, 0.3) is 0 Å². The number of halogens is 1. The molecule has 1 N–H and O–H groups in total. The van der Waals surface area contributed by atoms with E-state index in [1.165, 1.54) is 6.20 Å². The number of alkyl halides is 1. The predicted octanol–water partition coefficient (Wildman–Crippen LogP) is 2.05. The van der Waals surface area contributed by atoms with Crippen molar-refractivity contribution < 1.29 is 8.42 Å². The van der Waals surface area contributed by atoms with Crippen LogP contribution in [0.15, 0.2) is 11.2 Å². The van der Waals surface area contributed by atoms with Crippen molar-refractivity contribution in [3.63, 3.8) is 0 Å². The lowest BCUT2D eigenvalue weighted by Gasteiger charge is -2.26. The Morgan fingerprint density at radius 3 is 2.89 bits per heavy atom. The van der Waals surface area contributed by atoms with Gasteiger partial charge in [0.25, 0.3) is 10.0 Å². The monoisotopic (exact) mass is 335 g/mol. The van der Waals surface area contributed by atoms with Gasteiger partial charge in [0.1, 0.15) is 5.82 Å². The summed E-state index contributed by atoms with van der Waals surface area (Å²) >= 11 is 3.42. The molecule has 2 rings (SSSR count). The Labute approximate surface area is 116 Å². The number of nitrogens with one attached hydrogen (secondary N) is 1. The maximum Gasteiger partial charge on any atom is 0.260 e. The van der Waals surface area contributed by atoms with Crippen LogP contribution in [0.4, 0.5) is 0 Å². The van der Waals surface area contributed by atoms with E-state index in [9.17, 15) is 8.42 Å². The van der Waals surface area contributed by atoms with Gasteiger partial charge in [-0.15, -0.1) is 0 Å². The fourth-order valence-corrected chi connectivity index (χ4v) is 4.80. The summed E-state index contributed by atoms with van der Waals surface area (Å²) in [5, 5.41) is 0.882. The van der Waals surface area contributed by atoms with Crippen LogP contribution >= 0.6 is 15.9 Å². The molecule has 0 spiro atoms. The smallest absolute Gasteiger partial charge is 0.260 e. The minimum absolute atomic E-state index is 0.0427. The summed E-state index contributed by atoms with van der Waals surface area (Å²) in [4.78, 5) is 6.80. The SMILES string of the molecule is Cc1ncc(S(=O)(=O)N2CCCCCC2CBr)[nH]1. The van der Waals surface area contributed by atoms with Crippen LogP contribution < -0.4 is 0 Å². The molecule has 1 aromatic rings. The van der Waals surface area contributed by atoms with Crippen LogP contribution in [0, 0.1) is 6.92 Å². The Kier molecular flexibility index (Phi) is 4.45. The third-order valence-corrected chi connectivity index (χ3v) is 5.88. The van der Waals surface area contributed by atoms with E-state index in [4.69, 9.17) is 0 Å². The molecule has 1 aliphatic rings. The zero-order chi connectivity index (χ0) is 13.2. The second-order valence-electron chi connectivity index (χ2n) is 4.61. The van der Waals surface area contributed by atoms with Gasteiger partial charge in [0.2, 0.25) is 0 Å². The standard InChI is InChI=1S/C11H18BrN3O2S/c1-9-13-8-11(14-9)18(16,17)15-6-4-2-3-5-10(15)7-12/h8,10H,2-7H2,1H3,(H,13,14). The van der Waals surface area contributed by atoms with E-state index >= 15 is 0 Å². The van der Waals surface area contributed by atoms with Crippen molar-refractivity contribution >= 4 is 26.0 Å². The normalized spacial score (nSPS) is 22.9. The molecule has 0 aliphatic carbocycles. The largest absolute Gasteiger partial charge is 0.332 e. The first-order chi connectivity index (χ1) is 8.55. The maximum atomic E-state index is 12.6. The second-order valence-corrected chi connectivity index (χ2v) is 7.11. The molecular weight excluding hydrogens is 318 g/mol. The van der Waals surface area contributed by atoms with E-state index in [1.807, 2.05) is 0 Å². The van der Waals surface area contributed by atoms with Crippen molar-refractivity contribution in [2.24, 2.45) is 0 Å². The first kappa shape index (κ1) is 14.0. The van der Waals surface area contributed by atoms with Crippen molar-refractivity contribution in [1.82, 2.24) is 14.3 Å². The highest BCUT2D eigenvalue weighted by molar-refractivity contribution is 9.09. The fourth-order valence-electron chi connectivity index (χ4n) is 2.28. The molecule has 7 heteroatoms. The van der Waals surface area contributed by atoms with Crippen LogP contribution in [0.1, 0.15) is 31.5 Å². The van der Waals surface area contributed by atoms with E-state index in [-0.39, 0.29) is 11.1 Å². The minimum atomic E-state index is -3.44. The highest BCUT2D eigenvalue weighted by atomic mass is 79.9. The summed E-state index contributed by atoms with van der Waals surface area (Å²) < 4.78 is 26.7. The number of aromatic amines is 1. The molecule has 1 aliphatic heterocycles. The zero-order valence-electron chi connectivity index (χ0n) is 10.4. The number of hydrogen-bond acceptors (Lipinski definition) is 3. The van der Waals surface area contributed by atoms with Crippen molar-refractivity contribution in [2.45, 2.75) is 43.7 Å². The van der Waals surface area contributed by atoms with Gasteiger partial charge < -0.3 is 4.98 Å². The molecule has 102 valence electrons. The summed E-state index contributed by atoms with van der Waals surface area (Å²) in [5.74, 6) is 0.624. The van der Waals surface area contributed by atoms with Crippen LogP contribution in [0.3, 0.4) is 0 Å². The highest BCUT2D eigenvalue weighted by Crippen LogP contribution is 2.24. The van der Waals surface area contributed by atoms with Gasteiger partial charge in [-0.2, -0.15) is 4.31 Å².